The Morgan fingerprint density at radius 1 is 0.900 bits per heavy atom. The highest BCUT2D eigenvalue weighted by Crippen LogP contribution is 2.36. The van der Waals surface area contributed by atoms with E-state index in [9.17, 15) is 22.8 Å². The molecule has 0 atom stereocenters. The van der Waals surface area contributed by atoms with Gasteiger partial charge in [-0.05, 0) is 36.4 Å². The van der Waals surface area contributed by atoms with Crippen LogP contribution in [-0.2, 0) is 0 Å². The average Bonchev–Trinajstić information content (AvgIpc) is 3.20. The number of carbonyl (C=O) groups is 2. The molecule has 0 N–H and O–H groups in total. The lowest BCUT2D eigenvalue weighted by Gasteiger charge is -2.04. The third-order valence-electron chi connectivity index (χ3n) is 5.01. The van der Waals surface area contributed by atoms with E-state index in [-0.39, 0.29) is 33.5 Å². The van der Waals surface area contributed by atoms with Crippen LogP contribution in [0.15, 0.2) is 48.7 Å². The molecule has 30 heavy (non-hydrogen) atoms. The minimum Gasteiger partial charge on any atom is -0.277 e. The third kappa shape index (κ3) is 2.45. The molecule has 0 spiro atoms. The summed E-state index contributed by atoms with van der Waals surface area (Å²) in [5, 5.41) is 4.63. The fraction of sp³-hybridized carbons (Fsp3) is 0.0476. The Morgan fingerprint density at radius 2 is 1.60 bits per heavy atom. The molecule has 6 nitrogen and oxygen atoms in total. The number of benzene rings is 2. The van der Waals surface area contributed by atoms with Crippen molar-refractivity contribution in [3.05, 3.63) is 77.2 Å². The van der Waals surface area contributed by atoms with Gasteiger partial charge in [0.15, 0.2) is 11.5 Å². The Labute approximate surface area is 167 Å². The predicted molar refractivity (Wildman–Crippen MR) is 101 cm³/mol. The molecule has 1 aliphatic rings. The number of carbonyl (C=O) groups excluding carboxylic acids is 2. The van der Waals surface area contributed by atoms with Gasteiger partial charge in [-0.3, -0.25) is 14.5 Å². The number of fused-ring (bicyclic) bond motifs is 3. The van der Waals surface area contributed by atoms with E-state index in [0.717, 1.165) is 15.6 Å². The molecule has 9 heteroatoms. The molecule has 0 unspecified atom stereocenters. The van der Waals surface area contributed by atoms with Gasteiger partial charge in [-0.25, -0.2) is 22.8 Å². The number of imide groups is 1. The van der Waals surface area contributed by atoms with E-state index in [4.69, 9.17) is 0 Å². The van der Waals surface area contributed by atoms with Crippen molar-refractivity contribution in [3.63, 3.8) is 0 Å². The van der Waals surface area contributed by atoms with Crippen molar-refractivity contribution >= 4 is 22.8 Å². The van der Waals surface area contributed by atoms with Crippen molar-refractivity contribution in [1.29, 1.82) is 0 Å². The predicted octanol–water partition coefficient (Wildman–Crippen LogP) is 3.73. The summed E-state index contributed by atoms with van der Waals surface area (Å²) in [5.74, 6) is -3.18. The summed E-state index contributed by atoms with van der Waals surface area (Å²) in [7, 11) is 1.35. The van der Waals surface area contributed by atoms with Gasteiger partial charge >= 0.3 is 0 Å². The van der Waals surface area contributed by atoms with E-state index in [1.54, 1.807) is 0 Å². The van der Waals surface area contributed by atoms with Gasteiger partial charge in [-0.2, -0.15) is 5.10 Å². The zero-order valence-corrected chi connectivity index (χ0v) is 15.4. The van der Waals surface area contributed by atoms with E-state index in [0.29, 0.717) is 11.6 Å². The standard InChI is InChI=1S/C21H11F3N4O2/c1-27-20(29)13-9-25-19-17(16(13)21(27)30)18(10-2-4-11(22)5-3-10)26-28(19)15-7-6-12(23)8-14(15)24/h2-9H,1H3. The first-order chi connectivity index (χ1) is 14.4. The molecule has 0 fully saturated rings. The highest BCUT2D eigenvalue weighted by molar-refractivity contribution is 6.27. The molecule has 0 bridgehead atoms. The maximum Gasteiger partial charge on any atom is 0.262 e. The van der Waals surface area contributed by atoms with Crippen LogP contribution >= 0.6 is 0 Å². The van der Waals surface area contributed by atoms with Gasteiger partial charge in [0, 0.05) is 24.9 Å². The molecule has 4 aromatic rings. The Morgan fingerprint density at radius 3 is 2.30 bits per heavy atom. The second-order valence-corrected chi connectivity index (χ2v) is 6.78. The minimum absolute atomic E-state index is 0.0839. The molecule has 0 saturated heterocycles. The number of amides is 2. The van der Waals surface area contributed by atoms with E-state index in [2.05, 4.69) is 10.1 Å². The normalized spacial score (nSPS) is 13.4. The maximum atomic E-state index is 14.5. The number of hydrogen-bond acceptors (Lipinski definition) is 4. The van der Waals surface area contributed by atoms with Crippen LogP contribution in [0.3, 0.4) is 0 Å². The van der Waals surface area contributed by atoms with E-state index >= 15 is 0 Å². The zero-order valence-electron chi connectivity index (χ0n) is 15.4. The highest BCUT2D eigenvalue weighted by Gasteiger charge is 2.37. The van der Waals surface area contributed by atoms with Crippen molar-refractivity contribution in [3.8, 4) is 16.9 Å². The lowest BCUT2D eigenvalue weighted by Crippen LogP contribution is -2.24. The fourth-order valence-electron chi connectivity index (χ4n) is 3.54. The third-order valence-corrected chi connectivity index (χ3v) is 5.01. The van der Waals surface area contributed by atoms with Gasteiger partial charge in [-0.15, -0.1) is 0 Å². The molecule has 2 aromatic carbocycles. The second kappa shape index (κ2) is 6.24. The monoisotopic (exact) mass is 408 g/mol. The molecular formula is C21H11F3N4O2. The van der Waals surface area contributed by atoms with Gasteiger partial charge < -0.3 is 0 Å². The number of nitrogens with zero attached hydrogens (tertiary/aromatic N) is 4. The molecule has 2 amide bonds. The fourth-order valence-corrected chi connectivity index (χ4v) is 3.54. The topological polar surface area (TPSA) is 68.1 Å². The number of hydrogen-bond donors (Lipinski definition) is 0. The van der Waals surface area contributed by atoms with Crippen LogP contribution in [0.2, 0.25) is 0 Å². The largest absolute Gasteiger partial charge is 0.277 e. The first-order valence-electron chi connectivity index (χ1n) is 8.82. The summed E-state index contributed by atoms with van der Waals surface area (Å²) < 4.78 is 42.5. The molecule has 1 aliphatic heterocycles. The molecule has 0 aliphatic carbocycles. The molecule has 0 saturated carbocycles. The number of halogens is 3. The smallest absolute Gasteiger partial charge is 0.262 e. The Hall–Kier alpha value is -4.01. The van der Waals surface area contributed by atoms with Crippen LogP contribution in [0.25, 0.3) is 28.0 Å². The summed E-state index contributed by atoms with van der Waals surface area (Å²) in [6.45, 7) is 0. The average molecular weight is 408 g/mol. The Kier molecular flexibility index (Phi) is 3.76. The second-order valence-electron chi connectivity index (χ2n) is 6.78. The maximum absolute atomic E-state index is 14.5. The summed E-state index contributed by atoms with van der Waals surface area (Å²) in [6, 6.07) is 8.30. The summed E-state index contributed by atoms with van der Waals surface area (Å²) in [4.78, 5) is 30.4. The first kappa shape index (κ1) is 18.0. The summed E-state index contributed by atoms with van der Waals surface area (Å²) in [5.41, 5.74) is 0.850. The van der Waals surface area contributed by atoms with Crippen LogP contribution in [0.5, 0.6) is 0 Å². The summed E-state index contributed by atoms with van der Waals surface area (Å²) >= 11 is 0. The van der Waals surface area contributed by atoms with Gasteiger partial charge in [0.2, 0.25) is 0 Å². The van der Waals surface area contributed by atoms with Crippen molar-refractivity contribution in [2.24, 2.45) is 0 Å². The number of pyridine rings is 1. The van der Waals surface area contributed by atoms with Crippen LogP contribution in [-0.4, -0.2) is 38.5 Å². The molecule has 3 heterocycles. The van der Waals surface area contributed by atoms with E-state index in [1.165, 1.54) is 43.6 Å². The van der Waals surface area contributed by atoms with Gasteiger partial charge in [0.25, 0.3) is 11.8 Å². The van der Waals surface area contributed by atoms with E-state index in [1.807, 2.05) is 0 Å². The van der Waals surface area contributed by atoms with Crippen LogP contribution < -0.4 is 0 Å². The molecule has 5 rings (SSSR count). The van der Waals surface area contributed by atoms with Crippen molar-refractivity contribution in [2.75, 3.05) is 7.05 Å². The van der Waals surface area contributed by atoms with E-state index < -0.39 is 29.3 Å². The van der Waals surface area contributed by atoms with Gasteiger partial charge in [0.1, 0.15) is 23.0 Å². The first-order valence-corrected chi connectivity index (χ1v) is 8.82. The van der Waals surface area contributed by atoms with Crippen LogP contribution in [0, 0.1) is 17.5 Å². The van der Waals surface area contributed by atoms with Crippen molar-refractivity contribution < 1.29 is 22.8 Å². The van der Waals surface area contributed by atoms with Crippen LogP contribution in [0.4, 0.5) is 13.2 Å². The number of rotatable bonds is 2. The Bertz CT molecular complexity index is 1380. The highest BCUT2D eigenvalue weighted by atomic mass is 19.1. The molecular weight excluding hydrogens is 397 g/mol. The van der Waals surface area contributed by atoms with Crippen molar-refractivity contribution in [1.82, 2.24) is 19.7 Å². The minimum atomic E-state index is -0.883. The van der Waals surface area contributed by atoms with Gasteiger partial charge in [0.05, 0.1) is 16.5 Å². The van der Waals surface area contributed by atoms with Crippen LogP contribution in [0.1, 0.15) is 20.7 Å². The molecule has 148 valence electrons. The number of aromatic nitrogens is 3. The van der Waals surface area contributed by atoms with Crippen molar-refractivity contribution in [2.45, 2.75) is 0 Å². The quantitative estimate of drug-likeness (QED) is 0.474. The lowest BCUT2D eigenvalue weighted by molar-refractivity contribution is 0.0693. The van der Waals surface area contributed by atoms with Gasteiger partial charge in [-0.1, -0.05) is 0 Å². The summed E-state index contributed by atoms with van der Waals surface area (Å²) in [6.07, 6.45) is 1.23. The zero-order chi connectivity index (χ0) is 21.2. The lowest BCUT2D eigenvalue weighted by atomic mass is 10.0. The molecule has 2 aromatic heterocycles. The SMILES string of the molecule is CN1C(=O)c2cnc3c(c(-c4ccc(F)cc4)nn3-c3ccc(F)cc3F)c2C1=O. The molecule has 0 radical (unpaired) electrons. The Balaban J connectivity index is 1.90.